The van der Waals surface area contributed by atoms with Crippen LogP contribution in [0.4, 0.5) is 35.1 Å². The summed E-state index contributed by atoms with van der Waals surface area (Å²) in [6.45, 7) is 9.00. The highest BCUT2D eigenvalue weighted by molar-refractivity contribution is 6.30. The molecule has 290 valence electrons. The van der Waals surface area contributed by atoms with Crippen LogP contribution in [0.2, 0.25) is 5.02 Å². The van der Waals surface area contributed by atoms with Crippen LogP contribution in [-0.2, 0) is 33.1 Å². The number of hydrogen-bond donors (Lipinski definition) is 1. The van der Waals surface area contributed by atoms with Crippen LogP contribution >= 0.6 is 11.6 Å². The third-order valence-corrected chi connectivity index (χ3v) is 9.31. The maximum atomic E-state index is 16.7. The Hall–Kier alpha value is -3.98. The standard InChI is InChI=1S/C37H40ClF8N3O4/c1-6-53-30(51)17-27(32-33(39)24(15-26(34(32)40)37(44,45)46)31-20(4)13-23(38)14-21(31)5)47-35(52)28(12-19(2)3)49-18-22(8-11-48-9-7-10-48)25(16-29(49)50)36(41,42)43/h13-16,18-19,27-28H,6-12,17H2,1-5H3,(H,47,52)/t27-,28?/m0/s1. The second kappa shape index (κ2) is 16.6. The first-order valence-electron chi connectivity index (χ1n) is 17.0. The number of carbonyl (C=O) groups is 2. The van der Waals surface area contributed by atoms with Crippen molar-refractivity contribution in [3.05, 3.63) is 90.9 Å². The zero-order valence-corrected chi connectivity index (χ0v) is 30.5. The summed E-state index contributed by atoms with van der Waals surface area (Å²) in [7, 11) is 0. The van der Waals surface area contributed by atoms with Crippen LogP contribution in [0.3, 0.4) is 0 Å². The molecule has 7 nitrogen and oxygen atoms in total. The van der Waals surface area contributed by atoms with Crippen LogP contribution in [-0.4, -0.2) is 47.6 Å². The highest BCUT2D eigenvalue weighted by Crippen LogP contribution is 2.43. The Bertz CT molecular complexity index is 1880. The SMILES string of the molecule is CCOC(=O)C[C@H](NC(=O)C(CC(C)C)n1cc(CCN2CCC2)c(C(F)(F)F)cc1=O)c1c(F)c(-c2c(C)cc(Cl)cc2C)cc(C(F)(F)F)c1F. The molecule has 0 saturated carbocycles. The number of rotatable bonds is 13. The number of aryl methyl sites for hydroxylation is 2. The third-order valence-electron chi connectivity index (χ3n) is 9.10. The molecule has 2 aromatic carbocycles. The smallest absolute Gasteiger partial charge is 0.419 e. The number of nitrogens with one attached hydrogen (secondary N) is 1. The average molecular weight is 778 g/mol. The molecule has 1 fully saturated rings. The quantitative estimate of drug-likeness (QED) is 0.139. The summed E-state index contributed by atoms with van der Waals surface area (Å²) in [5.74, 6) is -6.32. The van der Waals surface area contributed by atoms with Gasteiger partial charge >= 0.3 is 18.3 Å². The fraction of sp³-hybridized carbons (Fsp3) is 0.486. The molecule has 53 heavy (non-hydrogen) atoms. The highest BCUT2D eigenvalue weighted by atomic mass is 35.5. The largest absolute Gasteiger partial charge is 0.466 e. The van der Waals surface area contributed by atoms with Gasteiger partial charge in [0.05, 0.1) is 30.2 Å². The van der Waals surface area contributed by atoms with Gasteiger partial charge in [0.1, 0.15) is 17.7 Å². The third kappa shape index (κ3) is 9.77. The molecule has 1 amide bonds. The monoisotopic (exact) mass is 777 g/mol. The Labute approximate surface area is 306 Å². The topological polar surface area (TPSA) is 80.6 Å². The normalized spacial score (nSPS) is 14.9. The predicted molar refractivity (Wildman–Crippen MR) is 182 cm³/mol. The molecule has 0 bridgehead atoms. The molecular weight excluding hydrogens is 738 g/mol. The van der Waals surface area contributed by atoms with Crippen LogP contribution in [0, 0.1) is 31.4 Å². The number of benzene rings is 2. The maximum Gasteiger partial charge on any atom is 0.419 e. The molecule has 1 aromatic heterocycles. The van der Waals surface area contributed by atoms with Crippen molar-refractivity contribution in [1.29, 1.82) is 0 Å². The van der Waals surface area contributed by atoms with Crippen LogP contribution < -0.4 is 10.9 Å². The van der Waals surface area contributed by atoms with Gasteiger partial charge in [0.15, 0.2) is 0 Å². The molecule has 2 heterocycles. The molecule has 1 N–H and O–H groups in total. The van der Waals surface area contributed by atoms with E-state index < -0.39 is 88.1 Å². The lowest BCUT2D eigenvalue weighted by molar-refractivity contribution is -0.144. The Morgan fingerprint density at radius 1 is 0.943 bits per heavy atom. The summed E-state index contributed by atoms with van der Waals surface area (Å²) in [6.07, 6.45) is -9.81. The van der Waals surface area contributed by atoms with Gasteiger partial charge in [-0.3, -0.25) is 14.4 Å². The van der Waals surface area contributed by atoms with Crippen molar-refractivity contribution in [1.82, 2.24) is 14.8 Å². The molecule has 0 radical (unpaired) electrons. The second-order valence-electron chi connectivity index (χ2n) is 13.5. The summed E-state index contributed by atoms with van der Waals surface area (Å²) < 4.78 is 124. The minimum atomic E-state index is -5.37. The van der Waals surface area contributed by atoms with Gasteiger partial charge in [-0.1, -0.05) is 25.4 Å². The number of nitrogens with zero attached hydrogens (tertiary/aromatic N) is 2. The Morgan fingerprint density at radius 2 is 1.55 bits per heavy atom. The Balaban J connectivity index is 1.91. The molecule has 4 rings (SSSR count). The first-order chi connectivity index (χ1) is 24.6. The number of hydrogen-bond acceptors (Lipinski definition) is 5. The summed E-state index contributed by atoms with van der Waals surface area (Å²) in [6, 6.07) is -0.319. The average Bonchev–Trinajstić information content (AvgIpc) is 2.99. The van der Waals surface area contributed by atoms with Crippen LogP contribution in [0.15, 0.2) is 35.3 Å². The van der Waals surface area contributed by atoms with E-state index in [1.54, 1.807) is 13.8 Å². The zero-order chi connectivity index (χ0) is 39.6. The minimum Gasteiger partial charge on any atom is -0.466 e. The van der Waals surface area contributed by atoms with Crippen LogP contribution in [0.5, 0.6) is 0 Å². The zero-order valence-electron chi connectivity index (χ0n) is 29.7. The van der Waals surface area contributed by atoms with Gasteiger partial charge in [-0.2, -0.15) is 26.3 Å². The van der Waals surface area contributed by atoms with E-state index in [0.717, 1.165) is 17.2 Å². The number of ether oxygens (including phenoxy) is 1. The molecule has 1 unspecified atom stereocenters. The van der Waals surface area contributed by atoms with E-state index in [4.69, 9.17) is 16.3 Å². The number of likely N-dealkylation sites (tertiary alicyclic amines) is 1. The van der Waals surface area contributed by atoms with Gasteiger partial charge in [0, 0.05) is 35.0 Å². The molecule has 1 saturated heterocycles. The summed E-state index contributed by atoms with van der Waals surface area (Å²) in [5, 5.41) is 2.47. The van der Waals surface area contributed by atoms with Gasteiger partial charge in [-0.25, -0.2) is 8.78 Å². The molecule has 3 aromatic rings. The van der Waals surface area contributed by atoms with E-state index in [9.17, 15) is 40.7 Å². The summed E-state index contributed by atoms with van der Waals surface area (Å²) in [5.41, 5.74) is -6.09. The van der Waals surface area contributed by atoms with Crippen LogP contribution in [0.25, 0.3) is 11.1 Å². The van der Waals surface area contributed by atoms with E-state index in [2.05, 4.69) is 5.32 Å². The number of carbonyl (C=O) groups excluding carboxylic acids is 2. The number of pyridine rings is 1. The van der Waals surface area contributed by atoms with Crippen molar-refractivity contribution >= 4 is 23.5 Å². The van der Waals surface area contributed by atoms with E-state index in [1.165, 1.54) is 32.9 Å². The first-order valence-corrected chi connectivity index (χ1v) is 17.4. The lowest BCUT2D eigenvalue weighted by atomic mass is 9.89. The number of esters is 1. The lowest BCUT2D eigenvalue weighted by Gasteiger charge is -2.31. The summed E-state index contributed by atoms with van der Waals surface area (Å²) in [4.78, 5) is 42.1. The van der Waals surface area contributed by atoms with E-state index in [0.29, 0.717) is 25.2 Å². The number of alkyl halides is 6. The molecule has 0 aliphatic carbocycles. The number of aromatic nitrogens is 1. The molecule has 0 spiro atoms. The molecule has 1 aliphatic rings. The van der Waals surface area contributed by atoms with E-state index in [-0.39, 0.29) is 53.3 Å². The van der Waals surface area contributed by atoms with E-state index >= 15 is 8.78 Å². The molecule has 16 heteroatoms. The molecule has 1 aliphatic heterocycles. The van der Waals surface area contributed by atoms with Crippen molar-refractivity contribution in [2.45, 2.75) is 84.7 Å². The summed E-state index contributed by atoms with van der Waals surface area (Å²) >= 11 is 6.10. The molecular formula is C37H40ClF8N3O4. The van der Waals surface area contributed by atoms with Crippen molar-refractivity contribution in [2.24, 2.45) is 5.92 Å². The second-order valence-corrected chi connectivity index (χ2v) is 14.0. The first kappa shape index (κ1) is 41.8. The van der Waals surface area contributed by atoms with Crippen molar-refractivity contribution in [2.75, 3.05) is 26.2 Å². The minimum absolute atomic E-state index is 0.0420. The van der Waals surface area contributed by atoms with Gasteiger partial charge in [-0.15, -0.1) is 0 Å². The van der Waals surface area contributed by atoms with Gasteiger partial charge in [-0.05, 0) is 99.5 Å². The number of amides is 1. The van der Waals surface area contributed by atoms with Gasteiger partial charge in [0.2, 0.25) is 5.91 Å². The Morgan fingerprint density at radius 3 is 2.06 bits per heavy atom. The van der Waals surface area contributed by atoms with Gasteiger partial charge < -0.3 is 19.5 Å². The molecule has 2 atom stereocenters. The Kier molecular flexibility index (Phi) is 13.1. The fourth-order valence-electron chi connectivity index (χ4n) is 6.54. The number of halogens is 9. The lowest BCUT2D eigenvalue weighted by Crippen LogP contribution is -2.41. The van der Waals surface area contributed by atoms with Crippen molar-refractivity contribution in [3.63, 3.8) is 0 Å². The predicted octanol–water partition coefficient (Wildman–Crippen LogP) is 8.75. The van der Waals surface area contributed by atoms with Crippen molar-refractivity contribution < 1.29 is 49.4 Å². The highest BCUT2D eigenvalue weighted by Gasteiger charge is 2.41. The van der Waals surface area contributed by atoms with Crippen LogP contribution in [0.1, 0.15) is 85.5 Å². The van der Waals surface area contributed by atoms with E-state index in [1.807, 2.05) is 4.90 Å². The fourth-order valence-corrected chi connectivity index (χ4v) is 6.87. The maximum absolute atomic E-state index is 16.7. The van der Waals surface area contributed by atoms with Crippen molar-refractivity contribution in [3.8, 4) is 11.1 Å². The van der Waals surface area contributed by atoms with Gasteiger partial charge in [0.25, 0.3) is 5.56 Å².